The Morgan fingerprint density at radius 3 is 2.67 bits per heavy atom. The van der Waals surface area contributed by atoms with E-state index in [0.29, 0.717) is 6.61 Å². The molecular weight excluding hydrogens is 232 g/mol. The van der Waals surface area contributed by atoms with Crippen LogP contribution >= 0.6 is 0 Å². The lowest BCUT2D eigenvalue weighted by atomic mass is 10.1. The highest BCUT2D eigenvalue weighted by atomic mass is 16.7. The maximum absolute atomic E-state index is 11.3. The highest BCUT2D eigenvalue weighted by Crippen LogP contribution is 2.07. The summed E-state index contributed by atoms with van der Waals surface area (Å²) in [7, 11) is 1.75. The molecule has 0 aliphatic heterocycles. The van der Waals surface area contributed by atoms with Crippen LogP contribution in [0, 0.1) is 0 Å². The fourth-order valence-electron chi connectivity index (χ4n) is 1.59. The van der Waals surface area contributed by atoms with Crippen LogP contribution in [0.4, 0.5) is 4.79 Å². The standard InChI is InChI=1S/C13H22N2O3/c1-3-4-5-6-7-8-11-17-13(16)18-12-14-9-10-15(12)2/h9-10H,3-8,11H2,1-2H3. The molecule has 1 aromatic rings. The molecule has 102 valence electrons. The number of aryl methyl sites for hydroxylation is 1. The summed E-state index contributed by atoms with van der Waals surface area (Å²) >= 11 is 0. The van der Waals surface area contributed by atoms with Crippen LogP contribution in [-0.4, -0.2) is 22.3 Å². The Bertz CT molecular complexity index is 350. The number of carbonyl (C=O) groups excluding carboxylic acids is 1. The molecule has 18 heavy (non-hydrogen) atoms. The van der Waals surface area contributed by atoms with E-state index in [1.54, 1.807) is 24.0 Å². The predicted molar refractivity (Wildman–Crippen MR) is 68.6 cm³/mol. The zero-order valence-electron chi connectivity index (χ0n) is 11.2. The van der Waals surface area contributed by atoms with Crippen LogP contribution in [0.2, 0.25) is 0 Å². The zero-order valence-corrected chi connectivity index (χ0v) is 11.2. The number of imidazole rings is 1. The van der Waals surface area contributed by atoms with Crippen molar-refractivity contribution in [3.8, 4) is 6.01 Å². The summed E-state index contributed by atoms with van der Waals surface area (Å²) in [5, 5.41) is 0. The van der Waals surface area contributed by atoms with Crippen molar-refractivity contribution in [2.45, 2.75) is 45.4 Å². The van der Waals surface area contributed by atoms with Crippen molar-refractivity contribution in [2.75, 3.05) is 6.61 Å². The summed E-state index contributed by atoms with van der Waals surface area (Å²) < 4.78 is 11.5. The molecular formula is C13H22N2O3. The van der Waals surface area contributed by atoms with Gasteiger partial charge in [-0.15, -0.1) is 0 Å². The van der Waals surface area contributed by atoms with E-state index in [4.69, 9.17) is 9.47 Å². The Morgan fingerprint density at radius 1 is 1.28 bits per heavy atom. The lowest BCUT2D eigenvalue weighted by Gasteiger charge is -2.05. The minimum absolute atomic E-state index is 0.253. The van der Waals surface area contributed by atoms with Crippen molar-refractivity contribution in [1.29, 1.82) is 0 Å². The molecule has 0 aromatic carbocycles. The van der Waals surface area contributed by atoms with E-state index in [1.807, 2.05) is 0 Å². The Balaban J connectivity index is 2.02. The molecule has 0 spiro atoms. The third-order valence-corrected chi connectivity index (χ3v) is 2.67. The molecule has 1 heterocycles. The van der Waals surface area contributed by atoms with Gasteiger partial charge >= 0.3 is 12.2 Å². The lowest BCUT2D eigenvalue weighted by molar-refractivity contribution is 0.0930. The van der Waals surface area contributed by atoms with Gasteiger partial charge in [0.25, 0.3) is 0 Å². The highest BCUT2D eigenvalue weighted by Gasteiger charge is 2.08. The molecule has 0 radical (unpaired) electrons. The minimum atomic E-state index is -0.683. The molecule has 5 nitrogen and oxygen atoms in total. The molecule has 0 atom stereocenters. The van der Waals surface area contributed by atoms with E-state index in [2.05, 4.69) is 11.9 Å². The van der Waals surface area contributed by atoms with E-state index in [1.165, 1.54) is 25.7 Å². The van der Waals surface area contributed by atoms with Crippen molar-refractivity contribution >= 4 is 6.16 Å². The molecule has 0 N–H and O–H groups in total. The molecule has 0 fully saturated rings. The van der Waals surface area contributed by atoms with Gasteiger partial charge in [-0.2, -0.15) is 0 Å². The Labute approximate surface area is 108 Å². The van der Waals surface area contributed by atoms with Gasteiger partial charge in [0.15, 0.2) is 0 Å². The van der Waals surface area contributed by atoms with Crippen LogP contribution in [0.3, 0.4) is 0 Å². The number of ether oxygens (including phenoxy) is 2. The SMILES string of the molecule is CCCCCCCCOC(=O)Oc1nccn1C. The monoisotopic (exact) mass is 254 g/mol. The largest absolute Gasteiger partial charge is 0.516 e. The normalized spacial score (nSPS) is 10.3. The molecule has 0 unspecified atom stereocenters. The second-order valence-electron chi connectivity index (χ2n) is 4.29. The average molecular weight is 254 g/mol. The summed E-state index contributed by atoms with van der Waals surface area (Å²) in [6.07, 6.45) is 9.55. The molecule has 0 saturated heterocycles. The summed E-state index contributed by atoms with van der Waals surface area (Å²) in [4.78, 5) is 15.2. The van der Waals surface area contributed by atoms with Crippen molar-refractivity contribution in [1.82, 2.24) is 9.55 Å². The van der Waals surface area contributed by atoms with Crippen molar-refractivity contribution in [2.24, 2.45) is 7.05 Å². The molecule has 1 rings (SSSR count). The van der Waals surface area contributed by atoms with Crippen LogP contribution < -0.4 is 4.74 Å². The van der Waals surface area contributed by atoms with Gasteiger partial charge in [-0.25, -0.2) is 9.78 Å². The van der Waals surface area contributed by atoms with E-state index in [-0.39, 0.29) is 6.01 Å². The Kier molecular flexibility index (Phi) is 6.91. The number of carbonyl (C=O) groups is 1. The van der Waals surface area contributed by atoms with Gasteiger partial charge in [-0.3, -0.25) is 0 Å². The van der Waals surface area contributed by atoms with Crippen molar-refractivity contribution < 1.29 is 14.3 Å². The first-order chi connectivity index (χ1) is 8.74. The van der Waals surface area contributed by atoms with Gasteiger partial charge in [0, 0.05) is 19.4 Å². The summed E-state index contributed by atoms with van der Waals surface area (Å²) in [5.74, 6) is 0. The van der Waals surface area contributed by atoms with Crippen molar-refractivity contribution in [3.05, 3.63) is 12.4 Å². The summed E-state index contributed by atoms with van der Waals surface area (Å²) in [6, 6.07) is 0.253. The van der Waals surface area contributed by atoms with Gasteiger partial charge in [-0.05, 0) is 6.42 Å². The topological polar surface area (TPSA) is 53.4 Å². The Morgan fingerprint density at radius 2 is 2.00 bits per heavy atom. The first-order valence-corrected chi connectivity index (χ1v) is 6.56. The zero-order chi connectivity index (χ0) is 13.2. The third kappa shape index (κ3) is 5.70. The lowest BCUT2D eigenvalue weighted by Crippen LogP contribution is -2.13. The molecule has 0 aliphatic carbocycles. The van der Waals surface area contributed by atoms with E-state index < -0.39 is 6.16 Å². The van der Waals surface area contributed by atoms with Gasteiger partial charge in [0.2, 0.25) is 0 Å². The molecule has 0 bridgehead atoms. The molecule has 0 amide bonds. The van der Waals surface area contributed by atoms with E-state index >= 15 is 0 Å². The number of rotatable bonds is 8. The van der Waals surface area contributed by atoms with Crippen LogP contribution in [0.25, 0.3) is 0 Å². The van der Waals surface area contributed by atoms with Crippen molar-refractivity contribution in [3.63, 3.8) is 0 Å². The number of aromatic nitrogens is 2. The molecule has 5 heteroatoms. The number of hydrogen-bond acceptors (Lipinski definition) is 4. The average Bonchev–Trinajstić information content (AvgIpc) is 2.74. The second kappa shape index (κ2) is 8.55. The van der Waals surface area contributed by atoms with E-state index in [9.17, 15) is 4.79 Å². The smallest absolute Gasteiger partial charge is 0.434 e. The van der Waals surface area contributed by atoms with Gasteiger partial charge < -0.3 is 14.0 Å². The van der Waals surface area contributed by atoms with Crippen LogP contribution in [0.5, 0.6) is 6.01 Å². The number of unbranched alkanes of at least 4 members (excludes halogenated alkanes) is 5. The molecule has 0 aliphatic rings. The third-order valence-electron chi connectivity index (χ3n) is 2.67. The van der Waals surface area contributed by atoms with Gasteiger partial charge in [0.05, 0.1) is 6.61 Å². The second-order valence-corrected chi connectivity index (χ2v) is 4.29. The quantitative estimate of drug-likeness (QED) is 0.527. The molecule has 0 saturated carbocycles. The Hall–Kier alpha value is -1.52. The van der Waals surface area contributed by atoms with Gasteiger partial charge in [0.1, 0.15) is 0 Å². The first kappa shape index (κ1) is 14.5. The fraction of sp³-hybridized carbons (Fsp3) is 0.692. The fourth-order valence-corrected chi connectivity index (χ4v) is 1.59. The van der Waals surface area contributed by atoms with Crippen LogP contribution in [0.15, 0.2) is 12.4 Å². The number of hydrogen-bond donors (Lipinski definition) is 0. The minimum Gasteiger partial charge on any atom is -0.434 e. The first-order valence-electron chi connectivity index (χ1n) is 6.56. The van der Waals surface area contributed by atoms with Gasteiger partial charge in [-0.1, -0.05) is 39.0 Å². The molecule has 1 aromatic heterocycles. The predicted octanol–water partition coefficient (Wildman–Crippen LogP) is 3.30. The van der Waals surface area contributed by atoms with Crippen LogP contribution in [0.1, 0.15) is 45.4 Å². The van der Waals surface area contributed by atoms with E-state index in [0.717, 1.165) is 12.8 Å². The highest BCUT2D eigenvalue weighted by molar-refractivity contribution is 5.62. The maximum Gasteiger partial charge on any atom is 0.516 e. The van der Waals surface area contributed by atoms with Crippen LogP contribution in [-0.2, 0) is 11.8 Å². The summed E-state index contributed by atoms with van der Waals surface area (Å²) in [6.45, 7) is 2.60. The maximum atomic E-state index is 11.3. The number of nitrogens with zero attached hydrogens (tertiary/aromatic N) is 2. The summed E-state index contributed by atoms with van der Waals surface area (Å²) in [5.41, 5.74) is 0.